The molecule has 2 heterocycles. The molecule has 0 amide bonds. The maximum Gasteiger partial charge on any atom is 0.0521 e. The molecule has 1 saturated heterocycles. The number of nitrogens with zero attached hydrogens (tertiary/aromatic N) is 2. The molecule has 96 valence electrons. The Balaban J connectivity index is 1.84. The summed E-state index contributed by atoms with van der Waals surface area (Å²) in [4.78, 5) is 0. The van der Waals surface area contributed by atoms with Gasteiger partial charge in [-0.2, -0.15) is 5.10 Å². The molecule has 0 bridgehead atoms. The van der Waals surface area contributed by atoms with E-state index in [2.05, 4.69) is 23.5 Å². The fourth-order valence-corrected chi connectivity index (χ4v) is 2.56. The largest absolute Gasteiger partial charge is 0.381 e. The molecular formula is C13H23N3O. The molecule has 4 nitrogen and oxygen atoms in total. The minimum atomic E-state index is 0.586. The smallest absolute Gasteiger partial charge is 0.0521 e. The van der Waals surface area contributed by atoms with Gasteiger partial charge >= 0.3 is 0 Å². The molecule has 2 unspecified atom stereocenters. The molecule has 4 heteroatoms. The average molecular weight is 237 g/mol. The van der Waals surface area contributed by atoms with Crippen LogP contribution in [0.25, 0.3) is 0 Å². The van der Waals surface area contributed by atoms with Gasteiger partial charge in [-0.05, 0) is 37.3 Å². The second-order valence-corrected chi connectivity index (χ2v) is 4.85. The van der Waals surface area contributed by atoms with Crippen molar-refractivity contribution in [1.82, 2.24) is 15.1 Å². The van der Waals surface area contributed by atoms with Crippen LogP contribution in [0.2, 0.25) is 0 Å². The first kappa shape index (κ1) is 12.6. The first-order valence-corrected chi connectivity index (χ1v) is 6.58. The summed E-state index contributed by atoms with van der Waals surface area (Å²) >= 11 is 0. The number of hydrogen-bond donors (Lipinski definition) is 1. The summed E-state index contributed by atoms with van der Waals surface area (Å²) in [6, 6.07) is 0.586. The lowest BCUT2D eigenvalue weighted by Crippen LogP contribution is -2.36. The highest BCUT2D eigenvalue weighted by molar-refractivity contribution is 5.04. The summed E-state index contributed by atoms with van der Waals surface area (Å²) in [5.74, 6) is 0.687. The topological polar surface area (TPSA) is 39.1 Å². The molecule has 0 radical (unpaired) electrons. The van der Waals surface area contributed by atoms with Crippen LogP contribution in [-0.2, 0) is 18.2 Å². The van der Waals surface area contributed by atoms with Crippen molar-refractivity contribution in [2.45, 2.75) is 32.2 Å². The Kier molecular flexibility index (Phi) is 4.57. The third kappa shape index (κ3) is 3.54. The highest BCUT2D eigenvalue weighted by Crippen LogP contribution is 2.20. The Morgan fingerprint density at radius 1 is 1.65 bits per heavy atom. The van der Waals surface area contributed by atoms with E-state index >= 15 is 0 Å². The molecule has 2 atom stereocenters. The Bertz CT molecular complexity index is 331. The third-order valence-corrected chi connectivity index (χ3v) is 3.50. The molecule has 1 aliphatic rings. The molecule has 0 aromatic carbocycles. The van der Waals surface area contributed by atoms with Crippen LogP contribution >= 0.6 is 0 Å². The van der Waals surface area contributed by atoms with Crippen LogP contribution < -0.4 is 5.32 Å². The van der Waals surface area contributed by atoms with Crippen LogP contribution in [0.4, 0.5) is 0 Å². The number of aromatic nitrogens is 2. The fraction of sp³-hybridized carbons (Fsp3) is 0.769. The predicted octanol–water partition coefficient (Wildman–Crippen LogP) is 1.37. The van der Waals surface area contributed by atoms with Crippen LogP contribution in [0, 0.1) is 5.92 Å². The van der Waals surface area contributed by atoms with Crippen molar-refractivity contribution in [1.29, 1.82) is 0 Å². The first-order chi connectivity index (χ1) is 8.29. The van der Waals surface area contributed by atoms with Crippen LogP contribution in [0.5, 0.6) is 0 Å². The quantitative estimate of drug-likeness (QED) is 0.812. The summed E-state index contributed by atoms with van der Waals surface area (Å²) < 4.78 is 7.36. The number of ether oxygens (including phenoxy) is 1. The zero-order valence-corrected chi connectivity index (χ0v) is 10.9. The summed E-state index contributed by atoms with van der Waals surface area (Å²) in [6.45, 7) is 5.06. The number of aryl methyl sites for hydroxylation is 2. The standard InChI is InChI=1S/C13H23N3O/c1-3-14-13(12-6-7-17-10-12)5-4-11-8-15-16(2)9-11/h8-9,12-14H,3-7,10H2,1-2H3. The van der Waals surface area contributed by atoms with Crippen molar-refractivity contribution in [3.63, 3.8) is 0 Å². The molecule has 2 rings (SSSR count). The van der Waals surface area contributed by atoms with Gasteiger partial charge in [-0.15, -0.1) is 0 Å². The van der Waals surface area contributed by atoms with Crippen molar-refractivity contribution >= 4 is 0 Å². The van der Waals surface area contributed by atoms with Gasteiger partial charge in [0.1, 0.15) is 0 Å². The van der Waals surface area contributed by atoms with Crippen LogP contribution in [0.1, 0.15) is 25.3 Å². The zero-order valence-electron chi connectivity index (χ0n) is 10.9. The summed E-state index contributed by atoms with van der Waals surface area (Å²) in [7, 11) is 1.97. The van der Waals surface area contributed by atoms with Gasteiger partial charge in [0, 0.05) is 25.9 Å². The summed E-state index contributed by atoms with van der Waals surface area (Å²) in [6.07, 6.45) is 7.54. The Labute approximate surface area is 103 Å². The van der Waals surface area contributed by atoms with E-state index in [1.54, 1.807) is 0 Å². The molecule has 1 aromatic rings. The zero-order chi connectivity index (χ0) is 12.1. The normalized spacial score (nSPS) is 21.9. The van der Waals surface area contributed by atoms with E-state index in [-0.39, 0.29) is 0 Å². The molecule has 0 spiro atoms. The Hall–Kier alpha value is -0.870. The van der Waals surface area contributed by atoms with Gasteiger partial charge in [0.05, 0.1) is 12.8 Å². The minimum absolute atomic E-state index is 0.586. The molecule has 1 N–H and O–H groups in total. The number of nitrogens with one attached hydrogen (secondary N) is 1. The number of hydrogen-bond acceptors (Lipinski definition) is 3. The van der Waals surface area contributed by atoms with E-state index in [0.29, 0.717) is 12.0 Å². The van der Waals surface area contributed by atoms with E-state index in [9.17, 15) is 0 Å². The molecule has 1 aliphatic heterocycles. The molecule has 1 aromatic heterocycles. The molecule has 1 fully saturated rings. The van der Waals surface area contributed by atoms with Crippen molar-refractivity contribution in [2.75, 3.05) is 19.8 Å². The minimum Gasteiger partial charge on any atom is -0.381 e. The number of rotatable bonds is 6. The highest BCUT2D eigenvalue weighted by Gasteiger charge is 2.24. The summed E-state index contributed by atoms with van der Waals surface area (Å²) in [5, 5.41) is 7.80. The SMILES string of the molecule is CCNC(CCc1cnn(C)c1)C1CCOC1. The fourth-order valence-electron chi connectivity index (χ4n) is 2.56. The van der Waals surface area contributed by atoms with Gasteiger partial charge in [0.25, 0.3) is 0 Å². The second-order valence-electron chi connectivity index (χ2n) is 4.85. The van der Waals surface area contributed by atoms with Crippen molar-refractivity contribution in [3.05, 3.63) is 18.0 Å². The predicted molar refractivity (Wildman–Crippen MR) is 67.9 cm³/mol. The van der Waals surface area contributed by atoms with Gasteiger partial charge in [0.2, 0.25) is 0 Å². The highest BCUT2D eigenvalue weighted by atomic mass is 16.5. The third-order valence-electron chi connectivity index (χ3n) is 3.50. The molecule has 0 saturated carbocycles. The van der Waals surface area contributed by atoms with Gasteiger partial charge in [0.15, 0.2) is 0 Å². The Morgan fingerprint density at radius 2 is 2.53 bits per heavy atom. The van der Waals surface area contributed by atoms with Gasteiger partial charge in [-0.3, -0.25) is 4.68 Å². The van der Waals surface area contributed by atoms with E-state index < -0.39 is 0 Å². The first-order valence-electron chi connectivity index (χ1n) is 6.58. The van der Waals surface area contributed by atoms with Gasteiger partial charge < -0.3 is 10.1 Å². The molecule has 17 heavy (non-hydrogen) atoms. The Morgan fingerprint density at radius 3 is 3.12 bits per heavy atom. The molecular weight excluding hydrogens is 214 g/mol. The van der Waals surface area contributed by atoms with Crippen molar-refractivity contribution in [3.8, 4) is 0 Å². The monoisotopic (exact) mass is 237 g/mol. The lowest BCUT2D eigenvalue weighted by Gasteiger charge is -2.22. The maximum absolute atomic E-state index is 5.48. The van der Waals surface area contributed by atoms with E-state index in [1.807, 2.05) is 17.9 Å². The van der Waals surface area contributed by atoms with E-state index in [1.165, 1.54) is 18.4 Å². The lowest BCUT2D eigenvalue weighted by molar-refractivity contribution is 0.175. The van der Waals surface area contributed by atoms with Crippen LogP contribution in [-0.4, -0.2) is 35.6 Å². The summed E-state index contributed by atoms with van der Waals surface area (Å²) in [5.41, 5.74) is 1.33. The van der Waals surface area contributed by atoms with Crippen molar-refractivity contribution < 1.29 is 4.74 Å². The van der Waals surface area contributed by atoms with Crippen LogP contribution in [0.15, 0.2) is 12.4 Å². The van der Waals surface area contributed by atoms with Crippen molar-refractivity contribution in [2.24, 2.45) is 13.0 Å². The van der Waals surface area contributed by atoms with E-state index in [4.69, 9.17) is 4.74 Å². The second kappa shape index (κ2) is 6.17. The van der Waals surface area contributed by atoms with Gasteiger partial charge in [-0.1, -0.05) is 6.92 Å². The average Bonchev–Trinajstić information content (AvgIpc) is 2.95. The molecule has 0 aliphatic carbocycles. The lowest BCUT2D eigenvalue weighted by atomic mass is 9.94. The van der Waals surface area contributed by atoms with Crippen LogP contribution in [0.3, 0.4) is 0 Å². The van der Waals surface area contributed by atoms with E-state index in [0.717, 1.165) is 26.2 Å². The maximum atomic E-state index is 5.48. The van der Waals surface area contributed by atoms with Gasteiger partial charge in [-0.25, -0.2) is 0 Å².